The molecular formula is C12H24. The molecule has 0 nitrogen and oxygen atoms in total. The maximum Gasteiger partial charge on any atom is -0.0378 e. The summed E-state index contributed by atoms with van der Waals surface area (Å²) >= 11 is 0. The summed E-state index contributed by atoms with van der Waals surface area (Å²) in [5.74, 6) is 3.04. The highest BCUT2D eigenvalue weighted by Gasteiger charge is 2.38. The number of hydrogen-bond donors (Lipinski definition) is 0. The van der Waals surface area contributed by atoms with Crippen molar-refractivity contribution < 1.29 is 0 Å². The van der Waals surface area contributed by atoms with Gasteiger partial charge in [0.05, 0.1) is 0 Å². The highest BCUT2D eigenvalue weighted by molar-refractivity contribution is 4.89. The van der Waals surface area contributed by atoms with Crippen LogP contribution in [0, 0.1) is 23.2 Å². The Kier molecular flexibility index (Phi) is 2.85. The molecule has 0 heterocycles. The molecule has 0 heteroatoms. The van der Waals surface area contributed by atoms with E-state index < -0.39 is 0 Å². The van der Waals surface area contributed by atoms with Crippen molar-refractivity contribution in [2.45, 2.75) is 53.9 Å². The molecule has 0 spiro atoms. The molecule has 1 fully saturated rings. The van der Waals surface area contributed by atoms with Crippen LogP contribution in [0.25, 0.3) is 0 Å². The minimum atomic E-state index is 0.552. The van der Waals surface area contributed by atoms with Gasteiger partial charge in [0.1, 0.15) is 0 Å². The van der Waals surface area contributed by atoms with E-state index in [2.05, 4.69) is 34.6 Å². The van der Waals surface area contributed by atoms with Crippen molar-refractivity contribution in [3.8, 4) is 0 Å². The lowest BCUT2D eigenvalue weighted by Crippen LogP contribution is -2.06. The van der Waals surface area contributed by atoms with Gasteiger partial charge in [-0.25, -0.2) is 0 Å². The first-order valence-corrected chi connectivity index (χ1v) is 5.38. The van der Waals surface area contributed by atoms with Crippen molar-refractivity contribution in [1.82, 2.24) is 0 Å². The first kappa shape index (κ1) is 10.1. The summed E-state index contributed by atoms with van der Waals surface area (Å²) in [6, 6.07) is 0. The predicted octanol–water partition coefficient (Wildman–Crippen LogP) is 4.10. The highest BCUT2D eigenvalue weighted by atomic mass is 14.4. The molecule has 0 saturated heterocycles. The van der Waals surface area contributed by atoms with Crippen LogP contribution in [0.3, 0.4) is 0 Å². The van der Waals surface area contributed by atoms with Crippen LogP contribution < -0.4 is 0 Å². The largest absolute Gasteiger partial charge is 0.0628 e. The summed E-state index contributed by atoms with van der Waals surface area (Å²) < 4.78 is 0. The third kappa shape index (κ3) is 3.60. The average Bonchev–Trinajstić information content (AvgIpc) is 2.40. The van der Waals surface area contributed by atoms with E-state index in [1.807, 2.05) is 0 Å². The van der Waals surface area contributed by atoms with Crippen LogP contribution in [-0.2, 0) is 0 Å². The standard InChI is InChI=1S/C12H24/c1-9(2)6-10-7-11(10)8-12(3,4)5/h9-11H,6-8H2,1-5H3/t10-,11-/m0/s1. The van der Waals surface area contributed by atoms with Crippen molar-refractivity contribution >= 4 is 0 Å². The third-order valence-corrected chi connectivity index (χ3v) is 2.72. The van der Waals surface area contributed by atoms with Crippen LogP contribution in [-0.4, -0.2) is 0 Å². The van der Waals surface area contributed by atoms with Crippen molar-refractivity contribution in [1.29, 1.82) is 0 Å². The molecule has 72 valence electrons. The Morgan fingerprint density at radius 3 is 2.17 bits per heavy atom. The fourth-order valence-corrected chi connectivity index (χ4v) is 2.24. The van der Waals surface area contributed by atoms with Gasteiger partial charge in [0.25, 0.3) is 0 Å². The summed E-state index contributed by atoms with van der Waals surface area (Å²) in [7, 11) is 0. The van der Waals surface area contributed by atoms with E-state index >= 15 is 0 Å². The first-order chi connectivity index (χ1) is 5.38. The monoisotopic (exact) mass is 168 g/mol. The predicted molar refractivity (Wildman–Crippen MR) is 55.1 cm³/mol. The Morgan fingerprint density at radius 1 is 1.17 bits per heavy atom. The molecule has 0 aromatic heterocycles. The van der Waals surface area contributed by atoms with Gasteiger partial charge in [0, 0.05) is 0 Å². The van der Waals surface area contributed by atoms with Crippen LogP contribution in [0.2, 0.25) is 0 Å². The lowest BCUT2D eigenvalue weighted by Gasteiger charge is -2.17. The maximum absolute atomic E-state index is 2.36. The van der Waals surface area contributed by atoms with Gasteiger partial charge in [0.2, 0.25) is 0 Å². The van der Waals surface area contributed by atoms with Gasteiger partial charge < -0.3 is 0 Å². The molecule has 0 N–H and O–H groups in total. The molecule has 0 radical (unpaired) electrons. The van der Waals surface area contributed by atoms with Crippen LogP contribution in [0.1, 0.15) is 53.9 Å². The average molecular weight is 168 g/mol. The molecule has 0 aliphatic heterocycles. The minimum Gasteiger partial charge on any atom is -0.0628 e. The summed E-state index contributed by atoms with van der Waals surface area (Å²) in [4.78, 5) is 0. The Balaban J connectivity index is 2.16. The first-order valence-electron chi connectivity index (χ1n) is 5.38. The maximum atomic E-state index is 2.36. The lowest BCUT2D eigenvalue weighted by molar-refractivity contribution is 0.337. The second-order valence-corrected chi connectivity index (χ2v) is 6.15. The topological polar surface area (TPSA) is 0 Å². The number of rotatable bonds is 3. The number of hydrogen-bond acceptors (Lipinski definition) is 0. The van der Waals surface area contributed by atoms with E-state index in [0.29, 0.717) is 5.41 Å². The van der Waals surface area contributed by atoms with Crippen molar-refractivity contribution in [3.63, 3.8) is 0 Å². The molecule has 0 aromatic carbocycles. The minimum absolute atomic E-state index is 0.552. The molecule has 0 amide bonds. The molecule has 12 heavy (non-hydrogen) atoms. The normalized spacial score (nSPS) is 29.5. The van der Waals surface area contributed by atoms with Crippen LogP contribution in [0.4, 0.5) is 0 Å². The smallest absolute Gasteiger partial charge is 0.0378 e. The quantitative estimate of drug-likeness (QED) is 0.595. The van der Waals surface area contributed by atoms with Gasteiger partial charge in [-0.3, -0.25) is 0 Å². The summed E-state index contributed by atoms with van der Waals surface area (Å²) in [5.41, 5.74) is 0.552. The fourth-order valence-electron chi connectivity index (χ4n) is 2.24. The van der Waals surface area contributed by atoms with Gasteiger partial charge in [0.15, 0.2) is 0 Å². The van der Waals surface area contributed by atoms with E-state index in [0.717, 1.165) is 17.8 Å². The third-order valence-electron chi connectivity index (χ3n) is 2.72. The van der Waals surface area contributed by atoms with Crippen LogP contribution in [0.5, 0.6) is 0 Å². The molecule has 0 aromatic rings. The molecule has 1 aliphatic rings. The van der Waals surface area contributed by atoms with Crippen LogP contribution >= 0.6 is 0 Å². The molecule has 1 rings (SSSR count). The van der Waals surface area contributed by atoms with Gasteiger partial charge in [-0.1, -0.05) is 34.6 Å². The molecule has 1 aliphatic carbocycles. The van der Waals surface area contributed by atoms with Crippen molar-refractivity contribution in [2.24, 2.45) is 23.2 Å². The lowest BCUT2D eigenvalue weighted by atomic mass is 9.88. The summed E-state index contributed by atoms with van der Waals surface area (Å²) in [6.45, 7) is 11.8. The fraction of sp³-hybridized carbons (Fsp3) is 1.00. The second kappa shape index (κ2) is 3.40. The molecule has 0 bridgehead atoms. The van der Waals surface area contributed by atoms with Gasteiger partial charge >= 0.3 is 0 Å². The van der Waals surface area contributed by atoms with Gasteiger partial charge in [-0.15, -0.1) is 0 Å². The zero-order valence-electron chi connectivity index (χ0n) is 9.35. The Morgan fingerprint density at radius 2 is 1.75 bits per heavy atom. The van der Waals surface area contributed by atoms with E-state index in [1.54, 1.807) is 0 Å². The van der Waals surface area contributed by atoms with Gasteiger partial charge in [-0.05, 0) is 42.4 Å². The van der Waals surface area contributed by atoms with E-state index in [9.17, 15) is 0 Å². The molecular weight excluding hydrogens is 144 g/mol. The zero-order valence-corrected chi connectivity index (χ0v) is 9.35. The van der Waals surface area contributed by atoms with E-state index in [4.69, 9.17) is 0 Å². The van der Waals surface area contributed by atoms with Gasteiger partial charge in [-0.2, -0.15) is 0 Å². The Hall–Kier alpha value is 0. The Bertz CT molecular complexity index is 139. The van der Waals surface area contributed by atoms with Crippen molar-refractivity contribution in [2.75, 3.05) is 0 Å². The highest BCUT2D eigenvalue weighted by Crippen LogP contribution is 2.49. The molecule has 2 atom stereocenters. The van der Waals surface area contributed by atoms with Crippen molar-refractivity contribution in [3.05, 3.63) is 0 Å². The Labute approximate surface area is 77.7 Å². The second-order valence-electron chi connectivity index (χ2n) is 6.15. The molecule has 0 unspecified atom stereocenters. The SMILES string of the molecule is CC(C)C[C@H]1C[C@H]1CC(C)(C)C. The molecule has 1 saturated carbocycles. The summed E-state index contributed by atoms with van der Waals surface area (Å²) in [6.07, 6.45) is 4.40. The zero-order chi connectivity index (χ0) is 9.35. The van der Waals surface area contributed by atoms with Crippen LogP contribution in [0.15, 0.2) is 0 Å². The van der Waals surface area contributed by atoms with E-state index in [1.165, 1.54) is 19.3 Å². The summed E-state index contributed by atoms with van der Waals surface area (Å²) in [5, 5.41) is 0. The van der Waals surface area contributed by atoms with E-state index in [-0.39, 0.29) is 0 Å².